The first-order valence-electron chi connectivity index (χ1n) is 8.75. The monoisotopic (exact) mass is 392 g/mol. The quantitative estimate of drug-likeness (QED) is 0.749. The van der Waals surface area contributed by atoms with Gasteiger partial charge in [-0.25, -0.2) is 0 Å². The largest absolute Gasteiger partial charge is 0.497 e. The third-order valence-electron chi connectivity index (χ3n) is 4.45. The lowest BCUT2D eigenvalue weighted by atomic mass is 9.99. The molecule has 0 bridgehead atoms. The first kappa shape index (κ1) is 19.0. The van der Waals surface area contributed by atoms with Crippen LogP contribution in [0.5, 0.6) is 5.75 Å². The minimum Gasteiger partial charge on any atom is -0.497 e. The molecule has 0 spiro atoms. The predicted molar refractivity (Wildman–Crippen MR) is 106 cm³/mol. The zero-order valence-electron chi connectivity index (χ0n) is 15.3. The summed E-state index contributed by atoms with van der Waals surface area (Å²) in [4.78, 5) is 14.6. The maximum absolute atomic E-state index is 12.6. The van der Waals surface area contributed by atoms with Gasteiger partial charge < -0.3 is 15.0 Å². The summed E-state index contributed by atoms with van der Waals surface area (Å²) in [5, 5.41) is 12.1. The molecule has 1 fully saturated rings. The summed E-state index contributed by atoms with van der Waals surface area (Å²) in [5.41, 5.74) is 0.892. The van der Waals surface area contributed by atoms with E-state index in [1.54, 1.807) is 7.11 Å². The lowest BCUT2D eigenvalue weighted by molar-refractivity contribution is -0.131. The molecular weight excluding hydrogens is 368 g/mol. The maximum Gasteiger partial charge on any atom is 0.235 e. The number of rotatable bonds is 6. The van der Waals surface area contributed by atoms with E-state index in [1.807, 2.05) is 36.1 Å². The van der Waals surface area contributed by atoms with E-state index in [0.717, 1.165) is 47.6 Å². The number of aromatic nitrogens is 2. The third kappa shape index (κ3) is 4.88. The van der Waals surface area contributed by atoms with Gasteiger partial charge in [-0.2, -0.15) is 0 Å². The number of carbonyl (C=O) groups is 1. The van der Waals surface area contributed by atoms with Crippen molar-refractivity contribution in [2.45, 2.75) is 36.3 Å². The van der Waals surface area contributed by atoms with E-state index in [4.69, 9.17) is 4.74 Å². The molecule has 26 heavy (non-hydrogen) atoms. The number of nitrogens with one attached hydrogen (secondary N) is 1. The standard InChI is InChI=1S/C18H24N4O2S2/c1-12-7-9-22(10-8-12)16(23)13(2)25-18-21-20-17(26-18)19-14-5-4-6-15(11-14)24-3/h4-6,11-13H,7-10H2,1-3H3,(H,19,20)/t13-/m1/s1. The van der Waals surface area contributed by atoms with E-state index < -0.39 is 0 Å². The van der Waals surface area contributed by atoms with Crippen LogP contribution in [0.15, 0.2) is 28.6 Å². The molecule has 0 saturated carbocycles. The van der Waals surface area contributed by atoms with Crippen molar-refractivity contribution in [3.05, 3.63) is 24.3 Å². The molecule has 6 nitrogen and oxygen atoms in total. The van der Waals surface area contributed by atoms with Gasteiger partial charge in [0, 0.05) is 24.8 Å². The summed E-state index contributed by atoms with van der Waals surface area (Å²) in [5.74, 6) is 1.69. The minimum absolute atomic E-state index is 0.152. The molecule has 140 valence electrons. The molecule has 1 aliphatic heterocycles. The molecule has 1 atom stereocenters. The molecule has 0 radical (unpaired) electrons. The van der Waals surface area contributed by atoms with Gasteiger partial charge in [-0.05, 0) is 37.8 Å². The van der Waals surface area contributed by atoms with Gasteiger partial charge in [0.2, 0.25) is 11.0 Å². The fourth-order valence-electron chi connectivity index (χ4n) is 2.82. The smallest absolute Gasteiger partial charge is 0.235 e. The van der Waals surface area contributed by atoms with Crippen molar-refractivity contribution in [2.75, 3.05) is 25.5 Å². The van der Waals surface area contributed by atoms with E-state index in [9.17, 15) is 4.79 Å². The highest BCUT2D eigenvalue weighted by molar-refractivity contribution is 8.02. The number of amides is 1. The topological polar surface area (TPSA) is 67.3 Å². The van der Waals surface area contributed by atoms with E-state index >= 15 is 0 Å². The number of anilines is 2. The summed E-state index contributed by atoms with van der Waals surface area (Å²) in [6.45, 7) is 5.92. The van der Waals surface area contributed by atoms with Crippen LogP contribution >= 0.6 is 23.1 Å². The molecule has 2 aromatic rings. The molecule has 0 aliphatic carbocycles. The van der Waals surface area contributed by atoms with Crippen LogP contribution in [0.2, 0.25) is 0 Å². The van der Waals surface area contributed by atoms with Crippen molar-refractivity contribution < 1.29 is 9.53 Å². The number of hydrogen-bond donors (Lipinski definition) is 1. The van der Waals surface area contributed by atoms with Gasteiger partial charge >= 0.3 is 0 Å². The van der Waals surface area contributed by atoms with Gasteiger partial charge in [0.15, 0.2) is 4.34 Å². The molecule has 2 heterocycles. The Balaban J connectivity index is 1.56. The highest BCUT2D eigenvalue weighted by Gasteiger charge is 2.26. The normalized spacial score (nSPS) is 16.3. The second-order valence-electron chi connectivity index (χ2n) is 6.50. The zero-order valence-corrected chi connectivity index (χ0v) is 16.9. The zero-order chi connectivity index (χ0) is 18.5. The number of ether oxygens (including phenoxy) is 1. The number of carbonyl (C=O) groups excluding carboxylic acids is 1. The molecule has 1 aliphatic rings. The number of hydrogen-bond acceptors (Lipinski definition) is 7. The van der Waals surface area contributed by atoms with Crippen molar-refractivity contribution in [1.29, 1.82) is 0 Å². The summed E-state index contributed by atoms with van der Waals surface area (Å²) in [6, 6.07) is 7.65. The lowest BCUT2D eigenvalue weighted by Crippen LogP contribution is -2.41. The number of methoxy groups -OCH3 is 1. The molecule has 0 unspecified atom stereocenters. The molecule has 1 saturated heterocycles. The SMILES string of the molecule is COc1cccc(Nc2nnc(S[C@H](C)C(=O)N3CCC(C)CC3)s2)c1. The molecule has 3 rings (SSSR count). The van der Waals surface area contributed by atoms with Crippen molar-refractivity contribution in [3.63, 3.8) is 0 Å². The first-order valence-corrected chi connectivity index (χ1v) is 10.4. The van der Waals surface area contributed by atoms with Crippen molar-refractivity contribution in [2.24, 2.45) is 5.92 Å². The van der Waals surface area contributed by atoms with Gasteiger partial charge in [-0.3, -0.25) is 4.79 Å². The number of likely N-dealkylation sites (tertiary alicyclic amines) is 1. The minimum atomic E-state index is -0.152. The van der Waals surface area contributed by atoms with Crippen molar-refractivity contribution in [1.82, 2.24) is 15.1 Å². The van der Waals surface area contributed by atoms with Crippen molar-refractivity contribution >= 4 is 39.8 Å². The summed E-state index contributed by atoms with van der Waals surface area (Å²) < 4.78 is 6.02. The molecule has 1 aromatic carbocycles. The fraction of sp³-hybridized carbons (Fsp3) is 0.500. The molecule has 1 amide bonds. The van der Waals surface area contributed by atoms with Gasteiger partial charge in [0.25, 0.3) is 0 Å². The van der Waals surface area contributed by atoms with Crippen LogP contribution in [-0.4, -0.2) is 46.5 Å². The Kier molecular flexibility index (Phi) is 6.37. The van der Waals surface area contributed by atoms with E-state index in [1.165, 1.54) is 23.1 Å². The Labute approximate surface area is 162 Å². The van der Waals surface area contributed by atoms with Gasteiger partial charge in [-0.15, -0.1) is 10.2 Å². The number of piperidine rings is 1. The van der Waals surface area contributed by atoms with Gasteiger partial charge in [0.1, 0.15) is 5.75 Å². The predicted octanol–water partition coefficient (Wildman–Crippen LogP) is 4.03. The highest BCUT2D eigenvalue weighted by Crippen LogP contribution is 2.32. The Bertz CT molecular complexity index is 744. The maximum atomic E-state index is 12.6. The van der Waals surface area contributed by atoms with Gasteiger partial charge in [0.05, 0.1) is 12.4 Å². The van der Waals surface area contributed by atoms with Crippen molar-refractivity contribution in [3.8, 4) is 5.75 Å². The van der Waals surface area contributed by atoms with E-state index in [2.05, 4.69) is 22.4 Å². The summed E-state index contributed by atoms with van der Waals surface area (Å²) in [7, 11) is 1.64. The average Bonchev–Trinajstić information content (AvgIpc) is 3.08. The van der Waals surface area contributed by atoms with E-state index in [0.29, 0.717) is 5.13 Å². The second-order valence-corrected chi connectivity index (χ2v) is 9.06. The average molecular weight is 393 g/mol. The Morgan fingerprint density at radius 1 is 1.38 bits per heavy atom. The van der Waals surface area contributed by atoms with Crippen LogP contribution < -0.4 is 10.1 Å². The lowest BCUT2D eigenvalue weighted by Gasteiger charge is -2.31. The number of nitrogens with zero attached hydrogens (tertiary/aromatic N) is 3. The van der Waals surface area contributed by atoms with E-state index in [-0.39, 0.29) is 11.2 Å². The Hall–Kier alpha value is -1.80. The van der Waals surface area contributed by atoms with Crippen LogP contribution in [0, 0.1) is 5.92 Å². The molecule has 1 aromatic heterocycles. The fourth-order valence-corrected chi connectivity index (χ4v) is 4.82. The van der Waals surface area contributed by atoms with Crippen LogP contribution in [0.3, 0.4) is 0 Å². The molecule has 1 N–H and O–H groups in total. The summed E-state index contributed by atoms with van der Waals surface area (Å²) >= 11 is 2.93. The van der Waals surface area contributed by atoms with Gasteiger partial charge in [-0.1, -0.05) is 36.1 Å². The van der Waals surface area contributed by atoms with Crippen LogP contribution in [-0.2, 0) is 4.79 Å². The van der Waals surface area contributed by atoms with Crippen LogP contribution in [0.4, 0.5) is 10.8 Å². The molecular formula is C18H24N4O2S2. The highest BCUT2D eigenvalue weighted by atomic mass is 32.2. The van der Waals surface area contributed by atoms with Crippen LogP contribution in [0.25, 0.3) is 0 Å². The molecule has 8 heteroatoms. The number of thioether (sulfide) groups is 1. The Morgan fingerprint density at radius 3 is 2.88 bits per heavy atom. The summed E-state index contributed by atoms with van der Waals surface area (Å²) in [6.07, 6.45) is 2.19. The second kappa shape index (κ2) is 8.73. The third-order valence-corrected chi connectivity index (χ3v) is 6.46. The Morgan fingerprint density at radius 2 is 2.15 bits per heavy atom. The first-order chi connectivity index (χ1) is 12.5. The number of benzene rings is 1. The van der Waals surface area contributed by atoms with Crippen LogP contribution in [0.1, 0.15) is 26.7 Å².